The van der Waals surface area contributed by atoms with Crippen LogP contribution in [0, 0.1) is 17.8 Å². The van der Waals surface area contributed by atoms with Crippen molar-refractivity contribution >= 4 is 23.7 Å². The lowest BCUT2D eigenvalue weighted by Crippen LogP contribution is -2.62. The van der Waals surface area contributed by atoms with Gasteiger partial charge in [0.05, 0.1) is 17.9 Å². The fourth-order valence-corrected chi connectivity index (χ4v) is 7.14. The molecule has 2 heterocycles. The van der Waals surface area contributed by atoms with Gasteiger partial charge < -0.3 is 10.1 Å². The smallest absolute Gasteiger partial charge is 0.321 e. The topological polar surface area (TPSA) is 111 Å². The van der Waals surface area contributed by atoms with E-state index in [1.165, 1.54) is 31.0 Å². The summed E-state index contributed by atoms with van der Waals surface area (Å²) in [5, 5.41) is 17.6. The van der Waals surface area contributed by atoms with Gasteiger partial charge in [0, 0.05) is 12.1 Å². The Kier molecular flexibility index (Phi) is 5.47. The maximum Gasteiger partial charge on any atom is 0.321 e. The van der Waals surface area contributed by atoms with Gasteiger partial charge in [-0.25, -0.2) is 9.48 Å². The van der Waals surface area contributed by atoms with E-state index in [2.05, 4.69) is 26.2 Å². The number of tetrazole rings is 1. The molecule has 2 unspecified atom stereocenters. The summed E-state index contributed by atoms with van der Waals surface area (Å²) in [5.41, 5.74) is -0.110. The largest absolute Gasteiger partial charge is 0.376 e. The number of thioether (sulfide) groups is 1. The van der Waals surface area contributed by atoms with Gasteiger partial charge in [0.1, 0.15) is 0 Å². The van der Waals surface area contributed by atoms with E-state index in [4.69, 9.17) is 4.74 Å². The number of carbonyl (C=O) groups excluding carboxylic acids is 2. The van der Waals surface area contributed by atoms with Gasteiger partial charge in [-0.05, 0) is 86.5 Å². The van der Waals surface area contributed by atoms with Crippen LogP contribution in [0.4, 0.5) is 4.79 Å². The van der Waals surface area contributed by atoms with Crippen LogP contribution < -0.4 is 10.6 Å². The molecule has 30 heavy (non-hydrogen) atoms. The molecule has 1 aromatic heterocycles. The van der Waals surface area contributed by atoms with Crippen LogP contribution in [0.3, 0.4) is 0 Å². The first-order valence-electron chi connectivity index (χ1n) is 11.2. The number of hydrogen-bond acceptors (Lipinski definition) is 7. The molecule has 3 amide bonds. The van der Waals surface area contributed by atoms with Crippen molar-refractivity contribution in [1.29, 1.82) is 0 Å². The molecule has 5 fully saturated rings. The second-order valence-electron chi connectivity index (χ2n) is 9.68. The number of carbonyl (C=O) groups is 2. The minimum absolute atomic E-state index is 0.110. The fraction of sp³-hybridized carbons (Fsp3) is 0.850. The molecule has 1 saturated heterocycles. The van der Waals surface area contributed by atoms with Crippen LogP contribution in [0.5, 0.6) is 0 Å². The molecule has 10 heteroatoms. The van der Waals surface area contributed by atoms with E-state index < -0.39 is 5.25 Å². The molecule has 164 valence electrons. The molecule has 0 aromatic carbocycles. The predicted octanol–water partition coefficient (Wildman–Crippen LogP) is 2.13. The third-order valence-electron chi connectivity index (χ3n) is 7.20. The van der Waals surface area contributed by atoms with Gasteiger partial charge in [0.25, 0.3) is 0 Å². The molecule has 1 aromatic rings. The Balaban J connectivity index is 1.14. The quantitative estimate of drug-likeness (QED) is 0.660. The summed E-state index contributed by atoms with van der Waals surface area (Å²) < 4.78 is 7.32. The summed E-state index contributed by atoms with van der Waals surface area (Å²) in [6, 6.07) is -0.367. The first-order chi connectivity index (χ1) is 14.5. The van der Waals surface area contributed by atoms with Gasteiger partial charge in [-0.15, -0.1) is 5.10 Å². The molecule has 5 aliphatic rings. The number of ether oxygens (including phenoxy) is 1. The zero-order valence-electron chi connectivity index (χ0n) is 17.4. The number of nitrogens with zero attached hydrogens (tertiary/aromatic N) is 4. The summed E-state index contributed by atoms with van der Waals surface area (Å²) >= 11 is 1.26. The van der Waals surface area contributed by atoms with Crippen molar-refractivity contribution in [2.45, 2.75) is 86.9 Å². The Morgan fingerprint density at radius 3 is 2.57 bits per heavy atom. The highest BCUT2D eigenvalue weighted by molar-refractivity contribution is 8.00. The molecule has 4 saturated carbocycles. The fourth-order valence-electron chi connectivity index (χ4n) is 6.34. The van der Waals surface area contributed by atoms with Crippen LogP contribution in [0.15, 0.2) is 5.16 Å². The van der Waals surface area contributed by atoms with Crippen LogP contribution in [-0.2, 0) is 16.1 Å². The lowest BCUT2D eigenvalue weighted by atomic mass is 9.53. The summed E-state index contributed by atoms with van der Waals surface area (Å²) in [7, 11) is 0. The van der Waals surface area contributed by atoms with Crippen molar-refractivity contribution in [3.8, 4) is 0 Å². The number of hydrogen-bond donors (Lipinski definition) is 2. The SMILES string of the molecule is CC(Sc1nnnn1CC1CCCO1)C(=O)NC(=O)NC12CC3CC(CC(C3)C1)C2. The zero-order chi connectivity index (χ0) is 20.7. The second kappa shape index (κ2) is 8.11. The molecule has 4 aliphatic carbocycles. The highest BCUT2D eigenvalue weighted by Crippen LogP contribution is 2.55. The van der Waals surface area contributed by atoms with E-state index in [-0.39, 0.29) is 23.6 Å². The third-order valence-corrected chi connectivity index (χ3v) is 8.28. The van der Waals surface area contributed by atoms with E-state index >= 15 is 0 Å². The molecule has 0 spiro atoms. The number of urea groups is 1. The van der Waals surface area contributed by atoms with E-state index in [1.54, 1.807) is 11.6 Å². The van der Waals surface area contributed by atoms with Gasteiger partial charge >= 0.3 is 6.03 Å². The Bertz CT molecular complexity index is 773. The van der Waals surface area contributed by atoms with E-state index in [0.717, 1.165) is 56.5 Å². The predicted molar refractivity (Wildman–Crippen MR) is 110 cm³/mol. The zero-order valence-corrected chi connectivity index (χ0v) is 18.2. The Morgan fingerprint density at radius 1 is 1.23 bits per heavy atom. The number of rotatable bonds is 6. The van der Waals surface area contributed by atoms with Gasteiger partial charge in [0.2, 0.25) is 11.1 Å². The monoisotopic (exact) mass is 434 g/mol. The van der Waals surface area contributed by atoms with Crippen molar-refractivity contribution in [2.75, 3.05) is 6.61 Å². The first kappa shape index (κ1) is 20.2. The molecule has 9 nitrogen and oxygen atoms in total. The van der Waals surface area contributed by atoms with E-state index in [9.17, 15) is 9.59 Å². The molecule has 4 bridgehead atoms. The number of amides is 3. The summed E-state index contributed by atoms with van der Waals surface area (Å²) in [4.78, 5) is 25.3. The van der Waals surface area contributed by atoms with Crippen molar-refractivity contribution in [3.05, 3.63) is 0 Å². The molecule has 6 rings (SSSR count). The molecule has 1 aliphatic heterocycles. The van der Waals surface area contributed by atoms with Crippen molar-refractivity contribution in [2.24, 2.45) is 17.8 Å². The van der Waals surface area contributed by atoms with E-state index in [0.29, 0.717) is 11.7 Å². The highest BCUT2D eigenvalue weighted by Gasteiger charge is 2.51. The van der Waals surface area contributed by atoms with Crippen molar-refractivity contribution in [3.63, 3.8) is 0 Å². The lowest BCUT2D eigenvalue weighted by Gasteiger charge is -2.56. The van der Waals surface area contributed by atoms with Crippen LogP contribution in [-0.4, -0.2) is 55.6 Å². The molecular formula is C20H30N6O3S. The maximum absolute atomic E-state index is 12.6. The normalized spacial score (nSPS) is 35.4. The Hall–Kier alpha value is -1.68. The minimum Gasteiger partial charge on any atom is -0.376 e. The average Bonchev–Trinajstić information content (AvgIpc) is 3.32. The first-order valence-corrected chi connectivity index (χ1v) is 12.0. The van der Waals surface area contributed by atoms with Crippen LogP contribution in [0.25, 0.3) is 0 Å². The van der Waals surface area contributed by atoms with Crippen LogP contribution in [0.2, 0.25) is 0 Å². The lowest BCUT2D eigenvalue weighted by molar-refractivity contribution is -0.119. The van der Waals surface area contributed by atoms with Gasteiger partial charge in [-0.1, -0.05) is 11.8 Å². The number of aromatic nitrogens is 4. The highest BCUT2D eigenvalue weighted by atomic mass is 32.2. The number of imide groups is 1. The molecule has 0 radical (unpaired) electrons. The molecule has 2 N–H and O–H groups in total. The number of nitrogens with one attached hydrogen (secondary N) is 2. The maximum atomic E-state index is 12.6. The summed E-state index contributed by atoms with van der Waals surface area (Å²) in [6.07, 6.45) is 9.27. The average molecular weight is 435 g/mol. The van der Waals surface area contributed by atoms with Gasteiger partial charge in [-0.2, -0.15) is 0 Å². The van der Waals surface area contributed by atoms with Crippen molar-refractivity contribution in [1.82, 2.24) is 30.8 Å². The Labute approximate surface area is 180 Å². The minimum atomic E-state index is -0.485. The van der Waals surface area contributed by atoms with Gasteiger partial charge in [0.15, 0.2) is 0 Å². The molecular weight excluding hydrogens is 404 g/mol. The molecule has 2 atom stereocenters. The van der Waals surface area contributed by atoms with Crippen molar-refractivity contribution < 1.29 is 14.3 Å². The second-order valence-corrected chi connectivity index (χ2v) is 11.0. The van der Waals surface area contributed by atoms with Crippen LogP contribution >= 0.6 is 11.8 Å². The third kappa shape index (κ3) is 4.21. The van der Waals surface area contributed by atoms with Gasteiger partial charge in [-0.3, -0.25) is 10.1 Å². The van der Waals surface area contributed by atoms with Crippen LogP contribution in [0.1, 0.15) is 58.3 Å². The van der Waals surface area contributed by atoms with E-state index in [1.807, 2.05) is 0 Å². The standard InChI is InChI=1S/C20H30N6O3S/c1-12(30-19-23-24-25-26(19)11-16-3-2-4-29-16)17(27)21-18(28)22-20-8-13-5-14(9-20)7-15(6-13)10-20/h12-16H,2-11H2,1H3,(H2,21,22,27,28). The Morgan fingerprint density at radius 2 is 1.93 bits per heavy atom. The summed E-state index contributed by atoms with van der Waals surface area (Å²) in [5.74, 6) is 1.90. The summed E-state index contributed by atoms with van der Waals surface area (Å²) in [6.45, 7) is 3.12.